The van der Waals surface area contributed by atoms with Crippen LogP contribution < -0.4 is 0 Å². The largest absolute Gasteiger partial charge is 0.283 e. The molecule has 5 heteroatoms. The quantitative estimate of drug-likeness (QED) is 0.717. The topological polar surface area (TPSA) is 52.0 Å². The van der Waals surface area contributed by atoms with Crippen molar-refractivity contribution in [2.45, 2.75) is 38.0 Å². The van der Waals surface area contributed by atoms with E-state index < -0.39 is 10.0 Å². The minimum atomic E-state index is -3.72. The molecule has 0 aliphatic rings. The Morgan fingerprint density at radius 1 is 0.957 bits per heavy atom. The Morgan fingerprint density at radius 2 is 1.57 bits per heavy atom. The molecule has 1 heterocycles. The summed E-state index contributed by atoms with van der Waals surface area (Å²) in [5.74, 6) is 0. The van der Waals surface area contributed by atoms with E-state index in [4.69, 9.17) is 0 Å². The number of hydrogen-bond acceptors (Lipinski definition) is 3. The van der Waals surface area contributed by atoms with Gasteiger partial charge in [0.05, 0.1) is 16.1 Å². The number of benzene rings is 2. The van der Waals surface area contributed by atoms with Gasteiger partial charge in [0, 0.05) is 10.8 Å². The summed E-state index contributed by atoms with van der Waals surface area (Å²) < 4.78 is 27.2. The summed E-state index contributed by atoms with van der Waals surface area (Å²) in [6.45, 7) is 8.03. The molecule has 0 unspecified atom stereocenters. The molecule has 120 valence electrons. The van der Waals surface area contributed by atoms with Crippen LogP contribution in [0.2, 0.25) is 0 Å². The highest BCUT2D eigenvalue weighted by Gasteiger charge is 2.27. The lowest BCUT2D eigenvalue weighted by Crippen LogP contribution is -2.17. The molecule has 3 aromatic rings. The molecule has 0 spiro atoms. The molecule has 0 saturated heterocycles. The van der Waals surface area contributed by atoms with Gasteiger partial charge in [-0.2, -0.15) is 17.6 Å². The van der Waals surface area contributed by atoms with Gasteiger partial charge in [-0.3, -0.25) is 0 Å². The van der Waals surface area contributed by atoms with Crippen LogP contribution in [0, 0.1) is 6.92 Å². The second kappa shape index (κ2) is 5.20. The molecule has 0 aliphatic heterocycles. The highest BCUT2D eigenvalue weighted by Crippen LogP contribution is 2.31. The number of rotatable bonds is 2. The van der Waals surface area contributed by atoms with Crippen LogP contribution in [0.25, 0.3) is 10.9 Å². The molecular weight excluding hydrogens is 308 g/mol. The number of para-hydroxylation sites is 1. The lowest BCUT2D eigenvalue weighted by Gasteiger charge is -2.15. The lowest BCUT2D eigenvalue weighted by molar-refractivity contribution is 0.556. The van der Waals surface area contributed by atoms with Crippen molar-refractivity contribution < 1.29 is 8.42 Å². The Balaban J connectivity index is 2.30. The maximum absolute atomic E-state index is 13.0. The fourth-order valence-corrected chi connectivity index (χ4v) is 3.87. The van der Waals surface area contributed by atoms with Crippen molar-refractivity contribution in [2.75, 3.05) is 0 Å². The van der Waals surface area contributed by atoms with Crippen molar-refractivity contribution in [3.05, 3.63) is 59.8 Å². The minimum Gasteiger partial charge on any atom is -0.199 e. The van der Waals surface area contributed by atoms with E-state index in [2.05, 4.69) is 5.10 Å². The molecule has 0 N–H and O–H groups in total. The Labute approximate surface area is 136 Å². The van der Waals surface area contributed by atoms with E-state index in [1.54, 1.807) is 30.3 Å². The summed E-state index contributed by atoms with van der Waals surface area (Å²) in [5.41, 5.74) is 2.17. The third kappa shape index (κ3) is 2.65. The van der Waals surface area contributed by atoms with E-state index in [0.29, 0.717) is 5.52 Å². The van der Waals surface area contributed by atoms with Gasteiger partial charge in [0.1, 0.15) is 0 Å². The van der Waals surface area contributed by atoms with Crippen molar-refractivity contribution >= 4 is 20.9 Å². The highest BCUT2D eigenvalue weighted by molar-refractivity contribution is 7.90. The van der Waals surface area contributed by atoms with Crippen LogP contribution in [0.1, 0.15) is 32.0 Å². The minimum absolute atomic E-state index is 0.242. The van der Waals surface area contributed by atoms with Crippen molar-refractivity contribution in [3.8, 4) is 0 Å². The third-order valence-corrected chi connectivity index (χ3v) is 5.41. The molecule has 1 aromatic heterocycles. The van der Waals surface area contributed by atoms with Gasteiger partial charge in [-0.25, -0.2) is 0 Å². The maximum atomic E-state index is 13.0. The zero-order valence-corrected chi connectivity index (χ0v) is 14.6. The maximum Gasteiger partial charge on any atom is 0.283 e. The first-order valence-electron chi connectivity index (χ1n) is 7.52. The average molecular weight is 328 g/mol. The molecule has 0 bridgehead atoms. The molecular formula is C18H20N2O2S. The van der Waals surface area contributed by atoms with Crippen molar-refractivity contribution in [2.24, 2.45) is 0 Å². The van der Waals surface area contributed by atoms with Gasteiger partial charge < -0.3 is 0 Å². The second-order valence-electron chi connectivity index (χ2n) is 6.78. The molecule has 3 rings (SSSR count). The van der Waals surface area contributed by atoms with Gasteiger partial charge in [-0.1, -0.05) is 56.7 Å². The van der Waals surface area contributed by atoms with Gasteiger partial charge in [0.15, 0.2) is 0 Å². The van der Waals surface area contributed by atoms with Gasteiger partial charge >= 0.3 is 0 Å². The fourth-order valence-electron chi connectivity index (χ4n) is 2.59. The van der Waals surface area contributed by atoms with Crippen LogP contribution in [0.5, 0.6) is 0 Å². The number of aryl methyl sites for hydroxylation is 1. The van der Waals surface area contributed by atoms with Crippen LogP contribution in [-0.2, 0) is 15.4 Å². The summed E-state index contributed by atoms with van der Waals surface area (Å²) in [6.07, 6.45) is 0. The Bertz CT molecular complexity index is 962. The lowest BCUT2D eigenvalue weighted by atomic mass is 9.90. The number of fused-ring (bicyclic) bond motifs is 1. The monoisotopic (exact) mass is 328 g/mol. The molecule has 0 aliphatic carbocycles. The van der Waals surface area contributed by atoms with Gasteiger partial charge in [0.2, 0.25) is 0 Å². The number of aromatic nitrogens is 2. The van der Waals surface area contributed by atoms with E-state index in [1.165, 1.54) is 0 Å². The smallest absolute Gasteiger partial charge is 0.199 e. The summed E-state index contributed by atoms with van der Waals surface area (Å²) in [7, 11) is -3.72. The molecule has 0 fully saturated rings. The van der Waals surface area contributed by atoms with E-state index in [0.717, 1.165) is 20.7 Å². The average Bonchev–Trinajstić information content (AvgIpc) is 2.88. The summed E-state index contributed by atoms with van der Waals surface area (Å²) in [5, 5.41) is 5.33. The van der Waals surface area contributed by atoms with E-state index in [9.17, 15) is 8.42 Å². The highest BCUT2D eigenvalue weighted by atomic mass is 32.2. The summed E-state index contributed by atoms with van der Waals surface area (Å²) >= 11 is 0. The summed E-state index contributed by atoms with van der Waals surface area (Å²) in [6, 6.07) is 14.3. The standard InChI is InChI=1S/C18H20N2O2S/c1-13-9-11-14(12-10-13)23(21,22)20-16-8-6-5-7-15(16)17(19-20)18(2,3)4/h5-12H,1-4H3. The van der Waals surface area contributed by atoms with Crippen molar-refractivity contribution in [1.29, 1.82) is 0 Å². The van der Waals surface area contributed by atoms with Crippen LogP contribution in [-0.4, -0.2) is 17.6 Å². The van der Waals surface area contributed by atoms with Gasteiger partial charge in [-0.15, -0.1) is 0 Å². The van der Waals surface area contributed by atoms with Crippen molar-refractivity contribution in [1.82, 2.24) is 9.19 Å². The molecule has 23 heavy (non-hydrogen) atoms. The van der Waals surface area contributed by atoms with E-state index in [1.807, 2.05) is 45.9 Å². The molecule has 4 nitrogen and oxygen atoms in total. The first-order valence-corrected chi connectivity index (χ1v) is 8.96. The molecule has 0 saturated carbocycles. The Kier molecular flexibility index (Phi) is 3.56. The zero-order chi connectivity index (χ0) is 16.8. The van der Waals surface area contributed by atoms with E-state index in [-0.39, 0.29) is 10.3 Å². The van der Waals surface area contributed by atoms with Crippen LogP contribution >= 0.6 is 0 Å². The Morgan fingerprint density at radius 3 is 2.17 bits per heavy atom. The predicted molar refractivity (Wildman–Crippen MR) is 92.2 cm³/mol. The second-order valence-corrected chi connectivity index (χ2v) is 8.54. The third-order valence-electron chi connectivity index (χ3n) is 3.81. The zero-order valence-electron chi connectivity index (χ0n) is 13.7. The van der Waals surface area contributed by atoms with Gasteiger partial charge in [-0.05, 0) is 25.1 Å². The number of hydrogen-bond donors (Lipinski definition) is 0. The predicted octanol–water partition coefficient (Wildman–Crippen LogP) is 3.88. The van der Waals surface area contributed by atoms with Gasteiger partial charge in [0.25, 0.3) is 10.0 Å². The van der Waals surface area contributed by atoms with Crippen LogP contribution in [0.15, 0.2) is 53.4 Å². The first-order chi connectivity index (χ1) is 10.7. The van der Waals surface area contributed by atoms with E-state index >= 15 is 0 Å². The summed E-state index contributed by atoms with van der Waals surface area (Å²) in [4.78, 5) is 0.247. The first kappa shape index (κ1) is 15.7. The van der Waals surface area contributed by atoms with Crippen LogP contribution in [0.3, 0.4) is 0 Å². The molecule has 2 aromatic carbocycles. The number of nitrogens with zero attached hydrogens (tertiary/aromatic N) is 2. The molecule has 0 radical (unpaired) electrons. The fraction of sp³-hybridized carbons (Fsp3) is 0.278. The SMILES string of the molecule is Cc1ccc(S(=O)(=O)n2nc(C(C)(C)C)c3ccccc32)cc1. The normalized spacial score (nSPS) is 12.7. The van der Waals surface area contributed by atoms with Crippen LogP contribution in [0.4, 0.5) is 0 Å². The van der Waals surface area contributed by atoms with Crippen molar-refractivity contribution in [3.63, 3.8) is 0 Å². The molecule has 0 atom stereocenters. The Hall–Kier alpha value is -2.14. The molecule has 0 amide bonds.